The Morgan fingerprint density at radius 1 is 1.64 bits per heavy atom. The summed E-state index contributed by atoms with van der Waals surface area (Å²) in [6.45, 7) is 0. The number of halogens is 1. The van der Waals surface area contributed by atoms with Crippen molar-refractivity contribution in [2.45, 2.75) is 18.4 Å². The zero-order chi connectivity index (χ0) is 7.90. The van der Waals surface area contributed by atoms with E-state index in [0.29, 0.717) is 0 Å². The van der Waals surface area contributed by atoms with Crippen molar-refractivity contribution in [2.75, 3.05) is 7.11 Å². The Kier molecular flexibility index (Phi) is 1.82. The van der Waals surface area contributed by atoms with Gasteiger partial charge >= 0.3 is 0 Å². The predicted molar refractivity (Wildman–Crippen MR) is 49.9 cm³/mol. The fraction of sp³-hybridized carbons (Fsp3) is 0.500. The Bertz CT molecular complexity index is 265. The molecule has 0 unspecified atom stereocenters. The largest absolute Gasteiger partial charge is 0.373 e. The summed E-state index contributed by atoms with van der Waals surface area (Å²) in [5, 5.41) is 2.10. The number of rotatable bonds is 2. The van der Waals surface area contributed by atoms with Gasteiger partial charge in [0, 0.05) is 11.6 Å². The first-order valence-electron chi connectivity index (χ1n) is 3.57. The summed E-state index contributed by atoms with van der Waals surface area (Å²) >= 11 is 5.28. The van der Waals surface area contributed by atoms with Gasteiger partial charge in [-0.15, -0.1) is 11.3 Å². The number of hydrogen-bond donors (Lipinski definition) is 0. The molecule has 0 radical (unpaired) electrons. The zero-order valence-corrected chi connectivity index (χ0v) is 8.67. The van der Waals surface area contributed by atoms with Gasteiger partial charge in [0.05, 0.1) is 4.88 Å². The smallest absolute Gasteiger partial charge is 0.103 e. The van der Waals surface area contributed by atoms with Gasteiger partial charge < -0.3 is 4.74 Å². The van der Waals surface area contributed by atoms with Crippen LogP contribution in [0.3, 0.4) is 0 Å². The van der Waals surface area contributed by atoms with Crippen LogP contribution < -0.4 is 0 Å². The van der Waals surface area contributed by atoms with Gasteiger partial charge in [0.15, 0.2) is 0 Å². The monoisotopic (exact) mass is 232 g/mol. The predicted octanol–water partition coefficient (Wildman–Crippen LogP) is 3.15. The van der Waals surface area contributed by atoms with Crippen molar-refractivity contribution in [1.29, 1.82) is 0 Å². The number of thiophene rings is 1. The molecule has 0 atom stereocenters. The van der Waals surface area contributed by atoms with Crippen molar-refractivity contribution in [3.05, 3.63) is 20.8 Å². The quantitative estimate of drug-likeness (QED) is 0.762. The molecule has 1 nitrogen and oxygen atoms in total. The highest BCUT2D eigenvalue weighted by Gasteiger charge is 2.46. The van der Waals surface area contributed by atoms with Crippen molar-refractivity contribution in [2.24, 2.45) is 0 Å². The summed E-state index contributed by atoms with van der Waals surface area (Å²) in [5.74, 6) is 0. The van der Waals surface area contributed by atoms with E-state index in [0.717, 1.165) is 0 Å². The Morgan fingerprint density at radius 2 is 2.36 bits per heavy atom. The SMILES string of the molecule is COC1(c2sccc2Br)CC1. The summed E-state index contributed by atoms with van der Waals surface area (Å²) in [4.78, 5) is 1.35. The molecule has 0 saturated heterocycles. The van der Waals surface area contributed by atoms with Crippen LogP contribution in [0, 0.1) is 0 Å². The molecule has 0 aromatic carbocycles. The lowest BCUT2D eigenvalue weighted by Crippen LogP contribution is -2.06. The molecule has 0 aliphatic heterocycles. The molecular weight excluding hydrogens is 224 g/mol. The summed E-state index contributed by atoms with van der Waals surface area (Å²) < 4.78 is 6.65. The van der Waals surface area contributed by atoms with Crippen molar-refractivity contribution in [3.63, 3.8) is 0 Å². The van der Waals surface area contributed by atoms with E-state index >= 15 is 0 Å². The molecule has 1 aliphatic rings. The molecule has 1 aromatic heterocycles. The van der Waals surface area contributed by atoms with E-state index in [-0.39, 0.29) is 5.60 Å². The minimum Gasteiger partial charge on any atom is -0.373 e. The zero-order valence-electron chi connectivity index (χ0n) is 6.26. The minimum absolute atomic E-state index is 0.0764. The maximum absolute atomic E-state index is 5.45. The molecule has 1 aromatic rings. The first-order chi connectivity index (χ1) is 5.28. The molecule has 0 bridgehead atoms. The van der Waals surface area contributed by atoms with Gasteiger partial charge in [-0.25, -0.2) is 0 Å². The molecule has 0 amide bonds. The van der Waals surface area contributed by atoms with Crippen LogP contribution >= 0.6 is 27.3 Å². The average molecular weight is 233 g/mol. The van der Waals surface area contributed by atoms with Crippen molar-refractivity contribution < 1.29 is 4.74 Å². The standard InChI is InChI=1S/C8H9BrOS/c1-10-8(3-4-8)7-6(9)2-5-11-7/h2,5H,3-4H2,1H3. The number of methoxy groups -OCH3 is 1. The molecule has 11 heavy (non-hydrogen) atoms. The van der Waals surface area contributed by atoms with Crippen LogP contribution in [0.2, 0.25) is 0 Å². The summed E-state index contributed by atoms with van der Waals surface area (Å²) in [6.07, 6.45) is 2.34. The van der Waals surface area contributed by atoms with E-state index in [1.165, 1.54) is 22.2 Å². The first kappa shape index (κ1) is 7.77. The molecule has 1 aliphatic carbocycles. The van der Waals surface area contributed by atoms with E-state index in [1.54, 1.807) is 18.4 Å². The third kappa shape index (κ3) is 1.15. The molecule has 60 valence electrons. The maximum Gasteiger partial charge on any atom is 0.103 e. The first-order valence-corrected chi connectivity index (χ1v) is 5.24. The van der Waals surface area contributed by atoms with Gasteiger partial charge in [-0.1, -0.05) is 0 Å². The van der Waals surface area contributed by atoms with Crippen molar-refractivity contribution in [3.8, 4) is 0 Å². The van der Waals surface area contributed by atoms with E-state index in [4.69, 9.17) is 4.74 Å². The summed E-state index contributed by atoms with van der Waals surface area (Å²) in [6, 6.07) is 2.08. The van der Waals surface area contributed by atoms with Gasteiger partial charge in [0.25, 0.3) is 0 Å². The molecule has 0 spiro atoms. The van der Waals surface area contributed by atoms with Gasteiger partial charge in [-0.2, -0.15) is 0 Å². The highest BCUT2D eigenvalue weighted by Crippen LogP contribution is 2.52. The fourth-order valence-corrected chi connectivity index (χ4v) is 3.23. The van der Waals surface area contributed by atoms with Gasteiger partial charge in [-0.3, -0.25) is 0 Å². The lowest BCUT2D eigenvalue weighted by molar-refractivity contribution is 0.0815. The Labute approximate surface area is 78.5 Å². The van der Waals surface area contributed by atoms with Crippen molar-refractivity contribution in [1.82, 2.24) is 0 Å². The molecule has 1 heterocycles. The minimum atomic E-state index is 0.0764. The lowest BCUT2D eigenvalue weighted by Gasteiger charge is -2.10. The molecule has 3 heteroatoms. The summed E-state index contributed by atoms with van der Waals surface area (Å²) in [5.41, 5.74) is 0.0764. The Hall–Kier alpha value is 0.140. The highest BCUT2D eigenvalue weighted by molar-refractivity contribution is 9.10. The number of ether oxygens (including phenoxy) is 1. The summed E-state index contributed by atoms with van der Waals surface area (Å²) in [7, 11) is 1.79. The van der Waals surface area contributed by atoms with E-state index < -0.39 is 0 Å². The lowest BCUT2D eigenvalue weighted by atomic mass is 10.3. The number of hydrogen-bond acceptors (Lipinski definition) is 2. The second-order valence-electron chi connectivity index (χ2n) is 2.80. The highest BCUT2D eigenvalue weighted by atomic mass is 79.9. The van der Waals surface area contributed by atoms with Crippen LogP contribution in [0.4, 0.5) is 0 Å². The maximum atomic E-state index is 5.45. The van der Waals surface area contributed by atoms with E-state index in [2.05, 4.69) is 27.4 Å². The van der Waals surface area contributed by atoms with Crippen LogP contribution in [0.15, 0.2) is 15.9 Å². The van der Waals surface area contributed by atoms with E-state index in [1.807, 2.05) is 0 Å². The van der Waals surface area contributed by atoms with E-state index in [9.17, 15) is 0 Å². The normalized spacial score (nSPS) is 20.2. The second kappa shape index (κ2) is 2.57. The van der Waals surface area contributed by atoms with Gasteiger partial charge in [0.1, 0.15) is 5.60 Å². The molecule has 2 rings (SSSR count). The van der Waals surface area contributed by atoms with Crippen LogP contribution in [0.25, 0.3) is 0 Å². The second-order valence-corrected chi connectivity index (χ2v) is 4.57. The van der Waals surface area contributed by atoms with Gasteiger partial charge in [0.2, 0.25) is 0 Å². The van der Waals surface area contributed by atoms with Crippen LogP contribution in [-0.2, 0) is 10.3 Å². The van der Waals surface area contributed by atoms with Gasteiger partial charge in [-0.05, 0) is 40.2 Å². The molecule has 0 N–H and O–H groups in total. The third-order valence-electron chi connectivity index (χ3n) is 2.13. The van der Waals surface area contributed by atoms with Crippen LogP contribution in [-0.4, -0.2) is 7.11 Å². The van der Waals surface area contributed by atoms with Crippen LogP contribution in [0.5, 0.6) is 0 Å². The molecule has 1 saturated carbocycles. The Balaban J connectivity index is 2.35. The topological polar surface area (TPSA) is 9.23 Å². The molecular formula is C8H9BrOS. The van der Waals surface area contributed by atoms with Crippen LogP contribution in [0.1, 0.15) is 17.7 Å². The van der Waals surface area contributed by atoms with Crippen molar-refractivity contribution >= 4 is 27.3 Å². The Morgan fingerprint density at radius 3 is 2.73 bits per heavy atom. The fourth-order valence-electron chi connectivity index (χ4n) is 1.26. The molecule has 1 fully saturated rings. The average Bonchev–Trinajstić information content (AvgIpc) is 2.70. The third-order valence-corrected chi connectivity index (χ3v) is 4.15.